The third-order valence-electron chi connectivity index (χ3n) is 2.91. The molecule has 0 saturated carbocycles. The minimum atomic E-state index is -4.42. The summed E-state index contributed by atoms with van der Waals surface area (Å²) >= 11 is 0. The number of aromatic nitrogens is 1. The molecule has 2 amide bonds. The van der Waals surface area contributed by atoms with E-state index < -0.39 is 18.8 Å². The Morgan fingerprint density at radius 3 is 2.67 bits per heavy atom. The summed E-state index contributed by atoms with van der Waals surface area (Å²) in [5.41, 5.74) is 2.39. The lowest BCUT2D eigenvalue weighted by Gasteiger charge is -2.10. The maximum absolute atomic E-state index is 12.0. The molecule has 0 spiro atoms. The molecular weight excluding hydrogens is 323 g/mol. The lowest BCUT2D eigenvalue weighted by atomic mass is 10.1. The Morgan fingerprint density at radius 1 is 1.25 bits per heavy atom. The molecule has 2 rings (SSSR count). The van der Waals surface area contributed by atoms with Crippen LogP contribution in [-0.4, -0.2) is 23.8 Å². The summed E-state index contributed by atoms with van der Waals surface area (Å²) in [4.78, 5) is 15.5. The fraction of sp³-hybridized carbons (Fsp3) is 0.250. The molecule has 1 heterocycles. The van der Waals surface area contributed by atoms with Crippen molar-refractivity contribution in [3.8, 4) is 5.88 Å². The number of benzene rings is 1. The summed E-state index contributed by atoms with van der Waals surface area (Å²) in [6.07, 6.45) is -3.20. The van der Waals surface area contributed by atoms with Crippen molar-refractivity contribution >= 4 is 11.7 Å². The number of nitrogens with zero attached hydrogens (tertiary/aromatic N) is 1. The lowest BCUT2D eigenvalue weighted by Crippen LogP contribution is -2.28. The van der Waals surface area contributed by atoms with Gasteiger partial charge in [-0.3, -0.25) is 0 Å². The van der Waals surface area contributed by atoms with Crippen molar-refractivity contribution < 1.29 is 22.7 Å². The molecule has 2 N–H and O–H groups in total. The molecule has 0 aliphatic rings. The molecule has 0 aliphatic heterocycles. The number of nitrogens with one attached hydrogen (secondary N) is 2. The Kier molecular flexibility index (Phi) is 5.62. The highest BCUT2D eigenvalue weighted by atomic mass is 19.4. The molecule has 128 valence electrons. The largest absolute Gasteiger partial charge is 0.468 e. The fourth-order valence-electron chi connectivity index (χ4n) is 1.88. The first-order valence-electron chi connectivity index (χ1n) is 7.08. The van der Waals surface area contributed by atoms with E-state index in [1.54, 1.807) is 0 Å². The van der Waals surface area contributed by atoms with Gasteiger partial charge in [0.25, 0.3) is 0 Å². The van der Waals surface area contributed by atoms with Crippen molar-refractivity contribution in [3.05, 3.63) is 53.7 Å². The van der Waals surface area contributed by atoms with Crippen LogP contribution in [-0.2, 0) is 6.54 Å². The maximum Gasteiger partial charge on any atom is 0.422 e. The van der Waals surface area contributed by atoms with E-state index in [0.717, 1.165) is 11.1 Å². The number of urea groups is 1. The summed E-state index contributed by atoms with van der Waals surface area (Å²) in [7, 11) is 0. The summed E-state index contributed by atoms with van der Waals surface area (Å²) < 4.78 is 40.6. The highest BCUT2D eigenvalue weighted by Gasteiger charge is 2.28. The van der Waals surface area contributed by atoms with Gasteiger partial charge in [-0.05, 0) is 18.6 Å². The lowest BCUT2D eigenvalue weighted by molar-refractivity contribution is -0.154. The first kappa shape index (κ1) is 17.6. The second-order valence-corrected chi connectivity index (χ2v) is 5.09. The molecule has 0 saturated heterocycles. The van der Waals surface area contributed by atoms with Gasteiger partial charge >= 0.3 is 12.2 Å². The number of aryl methyl sites for hydroxylation is 1. The van der Waals surface area contributed by atoms with Crippen molar-refractivity contribution in [2.24, 2.45) is 0 Å². The quantitative estimate of drug-likeness (QED) is 0.874. The van der Waals surface area contributed by atoms with E-state index in [2.05, 4.69) is 20.4 Å². The zero-order chi connectivity index (χ0) is 17.6. The standard InChI is InChI=1S/C16H16F3N3O2/c1-11-3-2-4-12(7-11)8-21-15(23)22-13-5-6-14(20-9-13)24-10-16(17,18)19/h2-7,9H,8,10H2,1H3,(H2,21,22,23). The third-order valence-corrected chi connectivity index (χ3v) is 2.91. The van der Waals surface area contributed by atoms with Gasteiger partial charge in [0.2, 0.25) is 5.88 Å². The second-order valence-electron chi connectivity index (χ2n) is 5.09. The van der Waals surface area contributed by atoms with Gasteiger partial charge in [0.1, 0.15) is 0 Å². The van der Waals surface area contributed by atoms with Crippen molar-refractivity contribution in [2.45, 2.75) is 19.6 Å². The van der Waals surface area contributed by atoms with E-state index in [4.69, 9.17) is 0 Å². The monoisotopic (exact) mass is 339 g/mol. The minimum absolute atomic E-state index is 0.168. The number of halogens is 3. The van der Waals surface area contributed by atoms with E-state index in [9.17, 15) is 18.0 Å². The van der Waals surface area contributed by atoms with Crippen molar-refractivity contribution in [2.75, 3.05) is 11.9 Å². The van der Waals surface area contributed by atoms with Crippen LogP contribution in [0, 0.1) is 6.92 Å². The smallest absolute Gasteiger partial charge is 0.422 e. The summed E-state index contributed by atoms with van der Waals surface area (Å²) in [5, 5.41) is 5.21. The molecule has 2 aromatic rings. The van der Waals surface area contributed by atoms with E-state index >= 15 is 0 Å². The number of hydrogen-bond acceptors (Lipinski definition) is 3. The van der Waals surface area contributed by atoms with Crippen LogP contribution in [0.3, 0.4) is 0 Å². The topological polar surface area (TPSA) is 63.2 Å². The number of ether oxygens (including phenoxy) is 1. The molecule has 0 unspecified atom stereocenters. The van der Waals surface area contributed by atoms with Crippen LogP contribution >= 0.6 is 0 Å². The van der Waals surface area contributed by atoms with Crippen LogP contribution in [0.25, 0.3) is 0 Å². The van der Waals surface area contributed by atoms with Crippen LogP contribution in [0.4, 0.5) is 23.7 Å². The van der Waals surface area contributed by atoms with E-state index in [0.29, 0.717) is 12.2 Å². The molecule has 0 atom stereocenters. The van der Waals surface area contributed by atoms with Crippen LogP contribution in [0.1, 0.15) is 11.1 Å². The molecule has 1 aromatic heterocycles. The predicted molar refractivity (Wildman–Crippen MR) is 82.8 cm³/mol. The summed E-state index contributed by atoms with van der Waals surface area (Å²) in [6.45, 7) is 0.898. The summed E-state index contributed by atoms with van der Waals surface area (Å²) in [6, 6.07) is 9.91. The molecule has 8 heteroatoms. The molecular formula is C16H16F3N3O2. The van der Waals surface area contributed by atoms with Crippen molar-refractivity contribution in [3.63, 3.8) is 0 Å². The number of carbonyl (C=O) groups is 1. The predicted octanol–water partition coefficient (Wildman–Crippen LogP) is 3.65. The van der Waals surface area contributed by atoms with Gasteiger partial charge in [-0.1, -0.05) is 29.8 Å². The first-order chi connectivity index (χ1) is 11.3. The molecule has 0 radical (unpaired) electrons. The average Bonchev–Trinajstić information content (AvgIpc) is 2.52. The van der Waals surface area contributed by atoms with Crippen LogP contribution in [0.2, 0.25) is 0 Å². The minimum Gasteiger partial charge on any atom is -0.468 e. The Labute approximate surface area is 136 Å². The maximum atomic E-state index is 12.0. The van der Waals surface area contributed by atoms with Gasteiger partial charge in [0.15, 0.2) is 6.61 Å². The zero-order valence-corrected chi connectivity index (χ0v) is 12.9. The van der Waals surface area contributed by atoms with E-state index in [-0.39, 0.29) is 5.88 Å². The molecule has 1 aromatic carbocycles. The van der Waals surface area contributed by atoms with Crippen LogP contribution in [0.15, 0.2) is 42.6 Å². The van der Waals surface area contributed by atoms with E-state index in [1.807, 2.05) is 31.2 Å². The number of alkyl halides is 3. The highest BCUT2D eigenvalue weighted by molar-refractivity contribution is 5.88. The number of rotatable bonds is 5. The SMILES string of the molecule is Cc1cccc(CNC(=O)Nc2ccc(OCC(F)(F)F)nc2)c1. The number of amides is 2. The van der Waals surface area contributed by atoms with Gasteiger partial charge in [0.05, 0.1) is 11.9 Å². The molecule has 0 bridgehead atoms. The van der Waals surface area contributed by atoms with Gasteiger partial charge in [-0.2, -0.15) is 13.2 Å². The van der Waals surface area contributed by atoms with Gasteiger partial charge in [0, 0.05) is 12.6 Å². The second kappa shape index (κ2) is 7.67. The Balaban J connectivity index is 1.81. The van der Waals surface area contributed by atoms with Gasteiger partial charge in [-0.25, -0.2) is 9.78 Å². The van der Waals surface area contributed by atoms with E-state index in [1.165, 1.54) is 18.3 Å². The Hall–Kier alpha value is -2.77. The average molecular weight is 339 g/mol. The zero-order valence-electron chi connectivity index (χ0n) is 12.9. The van der Waals surface area contributed by atoms with Crippen molar-refractivity contribution in [1.29, 1.82) is 0 Å². The Bertz CT molecular complexity index is 688. The molecule has 0 fully saturated rings. The number of anilines is 1. The fourth-order valence-corrected chi connectivity index (χ4v) is 1.88. The highest BCUT2D eigenvalue weighted by Crippen LogP contribution is 2.18. The number of hydrogen-bond donors (Lipinski definition) is 2. The van der Waals surface area contributed by atoms with Gasteiger partial charge in [-0.15, -0.1) is 0 Å². The van der Waals surface area contributed by atoms with Crippen LogP contribution < -0.4 is 15.4 Å². The Morgan fingerprint density at radius 2 is 2.04 bits per heavy atom. The third kappa shape index (κ3) is 6.15. The van der Waals surface area contributed by atoms with Gasteiger partial charge < -0.3 is 15.4 Å². The van der Waals surface area contributed by atoms with Crippen molar-refractivity contribution in [1.82, 2.24) is 10.3 Å². The normalized spacial score (nSPS) is 11.0. The number of pyridine rings is 1. The molecule has 5 nitrogen and oxygen atoms in total. The first-order valence-corrected chi connectivity index (χ1v) is 7.08. The van der Waals surface area contributed by atoms with Crippen LogP contribution in [0.5, 0.6) is 5.88 Å². The molecule has 24 heavy (non-hydrogen) atoms. The molecule has 0 aliphatic carbocycles. The summed E-state index contributed by atoms with van der Waals surface area (Å²) in [5.74, 6) is -0.168. The number of carbonyl (C=O) groups excluding carboxylic acids is 1.